The second kappa shape index (κ2) is 5.24. The maximum Gasteiger partial charge on any atom is 0.308 e. The second-order valence-corrected chi connectivity index (χ2v) is 5.69. The lowest BCUT2D eigenvalue weighted by Crippen LogP contribution is -2.38. The lowest BCUT2D eigenvalue weighted by Gasteiger charge is -2.23. The largest absolute Gasteiger partial charge is 0.481 e. The second-order valence-electron chi connectivity index (χ2n) is 5.69. The van der Waals surface area contributed by atoms with Gasteiger partial charge in [0.05, 0.1) is 11.5 Å². The van der Waals surface area contributed by atoms with E-state index in [1.165, 1.54) is 0 Å². The van der Waals surface area contributed by atoms with Crippen molar-refractivity contribution >= 4 is 17.4 Å². The summed E-state index contributed by atoms with van der Waals surface area (Å²) in [6, 6.07) is 7.82. The molecule has 3 rings (SSSR count). The molecule has 1 atom stereocenters. The number of carbonyl (C=O) groups excluding carboxylic acids is 1. The monoisotopic (exact) mass is 286 g/mol. The maximum atomic E-state index is 12.7. The van der Waals surface area contributed by atoms with Crippen molar-refractivity contribution in [3.8, 4) is 0 Å². The van der Waals surface area contributed by atoms with Crippen LogP contribution in [0.15, 0.2) is 36.7 Å². The van der Waals surface area contributed by atoms with Crippen molar-refractivity contribution < 1.29 is 14.7 Å². The van der Waals surface area contributed by atoms with E-state index in [0.717, 1.165) is 18.4 Å². The van der Waals surface area contributed by atoms with Gasteiger partial charge in [-0.3, -0.25) is 9.59 Å². The van der Waals surface area contributed by atoms with Crippen LogP contribution in [0, 0.1) is 5.92 Å². The van der Waals surface area contributed by atoms with Gasteiger partial charge in [-0.05, 0) is 31.0 Å². The molecule has 2 aromatic rings. The van der Waals surface area contributed by atoms with Gasteiger partial charge in [-0.15, -0.1) is 0 Å². The molecule has 110 valence electrons. The number of carboxylic acid groups (broad SMARTS) is 1. The van der Waals surface area contributed by atoms with Gasteiger partial charge >= 0.3 is 5.97 Å². The zero-order valence-corrected chi connectivity index (χ0v) is 11.9. The van der Waals surface area contributed by atoms with Crippen molar-refractivity contribution in [1.29, 1.82) is 0 Å². The first kappa shape index (κ1) is 13.7. The normalized spacial score (nSPS) is 15.9. The molecular formula is C16H18N2O3. The first-order valence-corrected chi connectivity index (χ1v) is 7.17. The molecule has 5 nitrogen and oxygen atoms in total. The number of carboxylic acids is 1. The first-order valence-electron chi connectivity index (χ1n) is 7.17. The van der Waals surface area contributed by atoms with Crippen molar-refractivity contribution in [1.82, 2.24) is 9.30 Å². The maximum absolute atomic E-state index is 12.7. The highest BCUT2D eigenvalue weighted by molar-refractivity contribution is 5.96. The Kier molecular flexibility index (Phi) is 3.41. The lowest BCUT2D eigenvalue weighted by atomic mass is 10.1. The molecule has 1 N–H and O–H groups in total. The fraction of sp³-hybridized carbons (Fsp3) is 0.375. The third-order valence-electron chi connectivity index (χ3n) is 3.89. The van der Waals surface area contributed by atoms with Gasteiger partial charge in [0.25, 0.3) is 5.91 Å². The smallest absolute Gasteiger partial charge is 0.308 e. The van der Waals surface area contributed by atoms with E-state index >= 15 is 0 Å². The van der Waals surface area contributed by atoms with Crippen LogP contribution in [0.25, 0.3) is 5.52 Å². The Morgan fingerprint density at radius 3 is 2.81 bits per heavy atom. The molecule has 0 radical (unpaired) electrons. The van der Waals surface area contributed by atoms with Crippen LogP contribution in [0.5, 0.6) is 0 Å². The summed E-state index contributed by atoms with van der Waals surface area (Å²) in [4.78, 5) is 25.4. The zero-order chi connectivity index (χ0) is 15.0. The van der Waals surface area contributed by atoms with Gasteiger partial charge in [-0.25, -0.2) is 0 Å². The summed E-state index contributed by atoms with van der Waals surface area (Å²) in [5.41, 5.74) is 1.58. The minimum absolute atomic E-state index is 0.0747. The highest BCUT2D eigenvalue weighted by Crippen LogP contribution is 2.29. The van der Waals surface area contributed by atoms with Crippen LogP contribution < -0.4 is 0 Å². The SMILES string of the molecule is CC(CN(C(=O)c1cc2ccccn2c1)C1CC1)C(=O)O. The average molecular weight is 286 g/mol. The number of hydrogen-bond donors (Lipinski definition) is 1. The van der Waals surface area contributed by atoms with Gasteiger partial charge in [0.1, 0.15) is 0 Å². The first-order chi connectivity index (χ1) is 10.1. The molecule has 0 aliphatic heterocycles. The van der Waals surface area contributed by atoms with Crippen molar-refractivity contribution in [3.05, 3.63) is 42.2 Å². The predicted molar refractivity (Wildman–Crippen MR) is 78.3 cm³/mol. The van der Waals surface area contributed by atoms with E-state index in [1.807, 2.05) is 34.9 Å². The van der Waals surface area contributed by atoms with Crippen molar-refractivity contribution in [2.24, 2.45) is 5.92 Å². The summed E-state index contributed by atoms with van der Waals surface area (Å²) in [5, 5.41) is 9.06. The molecule has 2 aromatic heterocycles. The van der Waals surface area contributed by atoms with Crippen LogP contribution in [0.4, 0.5) is 0 Å². The predicted octanol–water partition coefficient (Wildman–Crippen LogP) is 2.26. The Bertz CT molecular complexity index is 655. The van der Waals surface area contributed by atoms with Crippen molar-refractivity contribution in [2.45, 2.75) is 25.8 Å². The molecule has 1 unspecified atom stereocenters. The molecule has 0 aromatic carbocycles. The topological polar surface area (TPSA) is 62.0 Å². The summed E-state index contributed by atoms with van der Waals surface area (Å²) >= 11 is 0. The summed E-state index contributed by atoms with van der Waals surface area (Å²) in [7, 11) is 0. The molecule has 21 heavy (non-hydrogen) atoms. The van der Waals surface area contributed by atoms with E-state index in [2.05, 4.69) is 0 Å². The molecule has 1 aliphatic carbocycles. The van der Waals surface area contributed by atoms with Crippen LogP contribution in [-0.4, -0.2) is 38.9 Å². The number of hydrogen-bond acceptors (Lipinski definition) is 2. The number of rotatable bonds is 5. The quantitative estimate of drug-likeness (QED) is 0.917. The average Bonchev–Trinajstić information content (AvgIpc) is 3.21. The Morgan fingerprint density at radius 1 is 1.43 bits per heavy atom. The Hall–Kier alpha value is -2.30. The number of carbonyl (C=O) groups is 2. The molecule has 1 amide bonds. The van der Waals surface area contributed by atoms with Crippen LogP contribution in [-0.2, 0) is 4.79 Å². The van der Waals surface area contributed by atoms with Gasteiger partial charge in [-0.2, -0.15) is 0 Å². The van der Waals surface area contributed by atoms with Gasteiger partial charge in [0, 0.05) is 30.5 Å². The molecule has 1 saturated carbocycles. The Labute approximate surface area is 122 Å². The summed E-state index contributed by atoms with van der Waals surface area (Å²) in [5.74, 6) is -1.49. The number of fused-ring (bicyclic) bond motifs is 1. The van der Waals surface area contributed by atoms with E-state index in [9.17, 15) is 9.59 Å². The molecule has 0 saturated heterocycles. The summed E-state index contributed by atoms with van der Waals surface area (Å²) in [6.07, 6.45) is 5.63. The van der Waals surface area contributed by atoms with E-state index in [-0.39, 0.29) is 18.5 Å². The van der Waals surface area contributed by atoms with Crippen molar-refractivity contribution in [2.75, 3.05) is 6.54 Å². The number of aromatic nitrogens is 1. The number of aliphatic carboxylic acids is 1. The van der Waals surface area contributed by atoms with Gasteiger partial charge in [0.2, 0.25) is 0 Å². The molecule has 1 fully saturated rings. The van der Waals surface area contributed by atoms with Gasteiger partial charge in [0.15, 0.2) is 0 Å². The third-order valence-corrected chi connectivity index (χ3v) is 3.89. The van der Waals surface area contributed by atoms with Crippen LogP contribution >= 0.6 is 0 Å². The summed E-state index contributed by atoms with van der Waals surface area (Å²) < 4.78 is 1.90. The number of amides is 1. The zero-order valence-electron chi connectivity index (χ0n) is 11.9. The fourth-order valence-corrected chi connectivity index (χ4v) is 2.50. The van der Waals surface area contributed by atoms with Gasteiger partial charge in [-0.1, -0.05) is 13.0 Å². The standard InChI is InChI=1S/C16H18N2O3/c1-11(16(20)21)9-18(13-5-6-13)15(19)12-8-14-4-2-3-7-17(14)10-12/h2-4,7-8,10-11,13H,5-6,9H2,1H3,(H,20,21). The number of pyridine rings is 1. The minimum Gasteiger partial charge on any atom is -0.481 e. The molecular weight excluding hydrogens is 268 g/mol. The molecule has 2 heterocycles. The Morgan fingerprint density at radius 2 is 2.19 bits per heavy atom. The lowest BCUT2D eigenvalue weighted by molar-refractivity contribution is -0.141. The molecule has 0 spiro atoms. The van der Waals surface area contributed by atoms with Crippen LogP contribution in [0.1, 0.15) is 30.1 Å². The highest BCUT2D eigenvalue weighted by Gasteiger charge is 2.35. The van der Waals surface area contributed by atoms with Gasteiger partial charge < -0.3 is 14.4 Å². The van der Waals surface area contributed by atoms with E-state index in [4.69, 9.17) is 5.11 Å². The minimum atomic E-state index is -0.865. The molecule has 0 bridgehead atoms. The molecule has 5 heteroatoms. The molecule has 1 aliphatic rings. The van der Waals surface area contributed by atoms with Crippen LogP contribution in [0.2, 0.25) is 0 Å². The van der Waals surface area contributed by atoms with Crippen molar-refractivity contribution in [3.63, 3.8) is 0 Å². The Balaban J connectivity index is 1.85. The van der Waals surface area contributed by atoms with Crippen LogP contribution in [0.3, 0.4) is 0 Å². The van der Waals surface area contributed by atoms with E-state index < -0.39 is 11.9 Å². The fourth-order valence-electron chi connectivity index (χ4n) is 2.50. The number of nitrogens with zero attached hydrogens (tertiary/aromatic N) is 2. The van der Waals surface area contributed by atoms with E-state index in [1.54, 1.807) is 18.0 Å². The third kappa shape index (κ3) is 2.77. The van der Waals surface area contributed by atoms with E-state index in [0.29, 0.717) is 5.56 Å². The summed E-state index contributed by atoms with van der Waals surface area (Å²) in [6.45, 7) is 1.91. The highest BCUT2D eigenvalue weighted by atomic mass is 16.4.